The van der Waals surface area contributed by atoms with Crippen molar-refractivity contribution >= 4 is 34.7 Å². The molecule has 1 aromatic heterocycles. The third kappa shape index (κ3) is 5.47. The number of rotatable bonds is 9. The molecule has 5 rings (SSSR count). The number of carboxylic acid groups (broad SMARTS) is 1. The maximum Gasteiger partial charge on any atom is 0.335 e. The van der Waals surface area contributed by atoms with Crippen LogP contribution in [0.4, 0.5) is 11.7 Å². The Morgan fingerprint density at radius 2 is 1.92 bits per heavy atom. The Kier molecular flexibility index (Phi) is 7.28. The Balaban J connectivity index is 1.25. The Bertz CT molecular complexity index is 1450. The van der Waals surface area contributed by atoms with Crippen molar-refractivity contribution in [3.63, 3.8) is 0 Å². The quantitative estimate of drug-likeness (QED) is 0.326. The van der Waals surface area contributed by atoms with Crippen LogP contribution in [0.2, 0.25) is 0 Å². The standard InChI is InChI=1S/C29H29N3O6/c1-18-5-3-4-6-22(18)30-29-31-23-12-7-19(15-26(23)38-29)16-27(33)32-14-13-25(36-2)24(32)17-37-21-10-8-20(9-11-21)28(34)35/h3-12,15,24-25H,13-14,16-17H2,1-2H3,(H,30,31)(H,34,35)/t24?,25-/m0/s1. The molecule has 1 aliphatic heterocycles. The number of likely N-dealkylation sites (tertiary alicyclic amines) is 1. The number of aromatic carboxylic acids is 1. The lowest BCUT2D eigenvalue weighted by atomic mass is 10.1. The normalized spacial score (nSPS) is 17.1. The number of carbonyl (C=O) groups excluding carboxylic acids is 1. The molecular weight excluding hydrogens is 486 g/mol. The van der Waals surface area contributed by atoms with Gasteiger partial charge in [-0.2, -0.15) is 4.98 Å². The zero-order chi connectivity index (χ0) is 26.6. The molecule has 1 amide bonds. The molecule has 9 heteroatoms. The fourth-order valence-corrected chi connectivity index (χ4v) is 4.72. The molecule has 3 aromatic carbocycles. The number of ether oxygens (including phenoxy) is 2. The summed E-state index contributed by atoms with van der Waals surface area (Å²) in [5.74, 6) is -0.489. The third-order valence-electron chi connectivity index (χ3n) is 6.82. The zero-order valence-electron chi connectivity index (χ0n) is 21.2. The van der Waals surface area contributed by atoms with Crippen LogP contribution in [0.15, 0.2) is 71.1 Å². The number of fused-ring (bicyclic) bond motifs is 1. The molecule has 0 bridgehead atoms. The minimum Gasteiger partial charge on any atom is -0.491 e. The average molecular weight is 516 g/mol. The van der Waals surface area contributed by atoms with E-state index in [0.29, 0.717) is 35.8 Å². The number of methoxy groups -OCH3 is 1. The van der Waals surface area contributed by atoms with E-state index in [4.69, 9.17) is 19.0 Å². The molecule has 1 fully saturated rings. The number of hydrogen-bond acceptors (Lipinski definition) is 7. The van der Waals surface area contributed by atoms with Crippen LogP contribution in [0.3, 0.4) is 0 Å². The van der Waals surface area contributed by atoms with Crippen molar-refractivity contribution in [1.29, 1.82) is 0 Å². The Labute approximate surface area is 220 Å². The number of aryl methyl sites for hydroxylation is 1. The summed E-state index contributed by atoms with van der Waals surface area (Å²) in [5.41, 5.74) is 4.32. The number of amides is 1. The van der Waals surface area contributed by atoms with Gasteiger partial charge in [0.2, 0.25) is 5.91 Å². The van der Waals surface area contributed by atoms with Crippen molar-refractivity contribution in [2.45, 2.75) is 31.9 Å². The fourth-order valence-electron chi connectivity index (χ4n) is 4.72. The van der Waals surface area contributed by atoms with Gasteiger partial charge in [0.25, 0.3) is 6.01 Å². The molecule has 1 unspecified atom stereocenters. The lowest BCUT2D eigenvalue weighted by molar-refractivity contribution is -0.133. The second kappa shape index (κ2) is 10.9. The Hall–Kier alpha value is -4.37. The molecule has 1 saturated heterocycles. The lowest BCUT2D eigenvalue weighted by Crippen LogP contribution is -2.44. The smallest absolute Gasteiger partial charge is 0.335 e. The summed E-state index contributed by atoms with van der Waals surface area (Å²) >= 11 is 0. The van der Waals surface area contributed by atoms with Crippen molar-refractivity contribution in [1.82, 2.24) is 9.88 Å². The third-order valence-corrected chi connectivity index (χ3v) is 6.82. The van der Waals surface area contributed by atoms with Gasteiger partial charge in [0, 0.05) is 19.3 Å². The Morgan fingerprint density at radius 1 is 1.13 bits per heavy atom. The lowest BCUT2D eigenvalue weighted by Gasteiger charge is -2.27. The molecule has 2 heterocycles. The maximum absolute atomic E-state index is 13.3. The van der Waals surface area contributed by atoms with Crippen molar-refractivity contribution in [2.24, 2.45) is 0 Å². The molecule has 0 radical (unpaired) electrons. The summed E-state index contributed by atoms with van der Waals surface area (Å²) in [6, 6.07) is 19.8. The summed E-state index contributed by atoms with van der Waals surface area (Å²) in [6.07, 6.45) is 0.768. The number of para-hydroxylation sites is 1. The van der Waals surface area contributed by atoms with Crippen LogP contribution in [0, 0.1) is 6.92 Å². The van der Waals surface area contributed by atoms with E-state index in [-0.39, 0.29) is 36.6 Å². The van der Waals surface area contributed by atoms with Crippen LogP contribution in [-0.4, -0.2) is 59.3 Å². The van der Waals surface area contributed by atoms with Gasteiger partial charge in [-0.05, 0) is 66.9 Å². The number of nitrogens with one attached hydrogen (secondary N) is 1. The second-order valence-corrected chi connectivity index (χ2v) is 9.30. The number of aromatic nitrogens is 1. The van der Waals surface area contributed by atoms with Crippen molar-refractivity contribution in [3.05, 3.63) is 83.4 Å². The van der Waals surface area contributed by atoms with Crippen molar-refractivity contribution in [3.8, 4) is 5.75 Å². The van der Waals surface area contributed by atoms with E-state index in [1.165, 1.54) is 12.1 Å². The first-order valence-corrected chi connectivity index (χ1v) is 12.4. The topological polar surface area (TPSA) is 114 Å². The summed E-state index contributed by atoms with van der Waals surface area (Å²) < 4.78 is 17.5. The molecule has 0 aliphatic carbocycles. The highest BCUT2D eigenvalue weighted by Gasteiger charge is 2.37. The zero-order valence-corrected chi connectivity index (χ0v) is 21.2. The number of anilines is 2. The predicted molar refractivity (Wildman–Crippen MR) is 142 cm³/mol. The van der Waals surface area contributed by atoms with Crippen molar-refractivity contribution < 1.29 is 28.6 Å². The number of benzene rings is 3. The molecule has 2 N–H and O–H groups in total. The summed E-state index contributed by atoms with van der Waals surface area (Å²) in [7, 11) is 1.63. The van der Waals surface area contributed by atoms with E-state index in [0.717, 1.165) is 16.8 Å². The van der Waals surface area contributed by atoms with Gasteiger partial charge in [-0.15, -0.1) is 0 Å². The van der Waals surface area contributed by atoms with E-state index < -0.39 is 5.97 Å². The molecule has 0 saturated carbocycles. The number of carboxylic acids is 1. The van der Waals surface area contributed by atoms with E-state index in [1.807, 2.05) is 49.4 Å². The largest absolute Gasteiger partial charge is 0.491 e. The van der Waals surface area contributed by atoms with Crippen LogP contribution in [-0.2, 0) is 16.0 Å². The van der Waals surface area contributed by atoms with Gasteiger partial charge in [-0.25, -0.2) is 4.79 Å². The minimum absolute atomic E-state index is 0.0310. The van der Waals surface area contributed by atoms with Crippen LogP contribution >= 0.6 is 0 Å². The number of carbonyl (C=O) groups is 2. The van der Waals surface area contributed by atoms with Gasteiger partial charge < -0.3 is 29.2 Å². The maximum atomic E-state index is 13.3. The van der Waals surface area contributed by atoms with Crippen molar-refractivity contribution in [2.75, 3.05) is 25.6 Å². The molecule has 4 aromatic rings. The van der Waals surface area contributed by atoms with Crippen LogP contribution in [0.5, 0.6) is 5.75 Å². The second-order valence-electron chi connectivity index (χ2n) is 9.30. The molecule has 2 atom stereocenters. The first kappa shape index (κ1) is 25.3. The van der Waals surface area contributed by atoms with Gasteiger partial charge in [0.05, 0.1) is 24.1 Å². The summed E-state index contributed by atoms with van der Waals surface area (Å²) in [5, 5.41) is 12.3. The van der Waals surface area contributed by atoms with Gasteiger partial charge in [0.1, 0.15) is 17.9 Å². The van der Waals surface area contributed by atoms with E-state index in [2.05, 4.69) is 10.3 Å². The van der Waals surface area contributed by atoms with Crippen LogP contribution < -0.4 is 10.1 Å². The molecule has 9 nitrogen and oxygen atoms in total. The average Bonchev–Trinajstić information content (AvgIpc) is 3.52. The molecule has 196 valence electrons. The first-order chi connectivity index (χ1) is 18.4. The highest BCUT2D eigenvalue weighted by Crippen LogP contribution is 2.27. The monoisotopic (exact) mass is 515 g/mol. The Morgan fingerprint density at radius 3 is 2.66 bits per heavy atom. The summed E-state index contributed by atoms with van der Waals surface area (Å²) in [6.45, 7) is 2.82. The SMILES string of the molecule is CO[C@H]1CCN(C(=O)Cc2ccc3nc(Nc4ccccc4C)oc3c2)C1COc1ccc(C(=O)O)cc1. The number of hydrogen-bond donors (Lipinski definition) is 2. The summed E-state index contributed by atoms with van der Waals surface area (Å²) in [4.78, 5) is 30.7. The molecular formula is C29H29N3O6. The van der Waals surface area contributed by atoms with Crippen LogP contribution in [0.25, 0.3) is 11.1 Å². The minimum atomic E-state index is -0.995. The van der Waals surface area contributed by atoms with Gasteiger partial charge >= 0.3 is 5.97 Å². The molecule has 38 heavy (non-hydrogen) atoms. The highest BCUT2D eigenvalue weighted by atomic mass is 16.5. The van der Waals surface area contributed by atoms with E-state index in [9.17, 15) is 9.59 Å². The van der Waals surface area contributed by atoms with E-state index in [1.54, 1.807) is 24.1 Å². The molecule has 0 spiro atoms. The predicted octanol–water partition coefficient (Wildman–Crippen LogP) is 4.82. The number of nitrogens with zero attached hydrogens (tertiary/aromatic N) is 2. The van der Waals surface area contributed by atoms with Crippen LogP contribution in [0.1, 0.15) is 27.9 Å². The molecule has 1 aliphatic rings. The fraction of sp³-hybridized carbons (Fsp3) is 0.276. The number of oxazole rings is 1. The van der Waals surface area contributed by atoms with Gasteiger partial charge in [0.15, 0.2) is 5.58 Å². The van der Waals surface area contributed by atoms with E-state index >= 15 is 0 Å². The van der Waals surface area contributed by atoms with Gasteiger partial charge in [-0.3, -0.25) is 4.79 Å². The van der Waals surface area contributed by atoms with Gasteiger partial charge in [-0.1, -0.05) is 24.3 Å². The first-order valence-electron chi connectivity index (χ1n) is 12.4. The highest BCUT2D eigenvalue weighted by molar-refractivity contribution is 5.87.